The van der Waals surface area contributed by atoms with Crippen LogP contribution in [0.5, 0.6) is 0 Å². The van der Waals surface area contributed by atoms with E-state index >= 15 is 0 Å². The summed E-state index contributed by atoms with van der Waals surface area (Å²) in [6.07, 6.45) is 3.38. The molecule has 0 amide bonds. The van der Waals surface area contributed by atoms with Crippen LogP contribution < -0.4 is 11.1 Å². The summed E-state index contributed by atoms with van der Waals surface area (Å²) >= 11 is 0. The molecule has 0 bridgehead atoms. The van der Waals surface area contributed by atoms with E-state index in [1.807, 2.05) is 18.2 Å². The highest BCUT2D eigenvalue weighted by molar-refractivity contribution is 5.86. The van der Waals surface area contributed by atoms with Gasteiger partial charge < -0.3 is 21.1 Å². The molecule has 142 valence electrons. The minimum Gasteiger partial charge on any atom is -0.480 e. The van der Waals surface area contributed by atoms with E-state index in [-0.39, 0.29) is 6.42 Å². The summed E-state index contributed by atoms with van der Waals surface area (Å²) in [6.45, 7) is 0. The fraction of sp³-hybridized carbons (Fsp3) is 0.0909. The number of carboxylic acid groups (broad SMARTS) is 1. The minimum atomic E-state index is -1.01. The van der Waals surface area contributed by atoms with E-state index in [0.29, 0.717) is 5.69 Å². The quantitative estimate of drug-likeness (QED) is 0.423. The van der Waals surface area contributed by atoms with Gasteiger partial charge in [0.1, 0.15) is 6.04 Å². The first kappa shape index (κ1) is 19.1. The van der Waals surface area contributed by atoms with Gasteiger partial charge in [0.25, 0.3) is 0 Å². The van der Waals surface area contributed by atoms with Gasteiger partial charge in [-0.25, -0.2) is 4.98 Å². The van der Waals surface area contributed by atoms with E-state index in [9.17, 15) is 4.79 Å². The highest BCUT2D eigenvalue weighted by Crippen LogP contribution is 2.21. The fourth-order valence-electron chi connectivity index (χ4n) is 2.67. The number of fused-ring (bicyclic) bond motifs is 1. The van der Waals surface area contributed by atoms with Crippen LogP contribution in [0.3, 0.4) is 0 Å². The summed E-state index contributed by atoms with van der Waals surface area (Å²) in [5.74, 6) is -1.01. The van der Waals surface area contributed by atoms with Gasteiger partial charge in [-0.15, -0.1) is 0 Å². The van der Waals surface area contributed by atoms with E-state index in [4.69, 9.17) is 10.8 Å². The largest absolute Gasteiger partial charge is 0.480 e. The van der Waals surface area contributed by atoms with Crippen molar-refractivity contribution in [2.24, 2.45) is 5.73 Å². The van der Waals surface area contributed by atoms with E-state index in [1.165, 1.54) is 17.1 Å². The smallest absolute Gasteiger partial charge is 0.320 e. The molecule has 6 nitrogen and oxygen atoms in total. The molecule has 0 aliphatic heterocycles. The number of aromatic amines is 1. The molecule has 5 N–H and O–H groups in total. The van der Waals surface area contributed by atoms with Gasteiger partial charge in [-0.3, -0.25) is 4.79 Å². The Morgan fingerprint density at radius 3 is 2.39 bits per heavy atom. The van der Waals surface area contributed by atoms with Crippen LogP contribution in [0.2, 0.25) is 0 Å². The molecular weight excluding hydrogens is 352 g/mol. The van der Waals surface area contributed by atoms with Crippen LogP contribution in [0.1, 0.15) is 5.69 Å². The maximum atomic E-state index is 10.3. The molecule has 0 aliphatic carbocycles. The third kappa shape index (κ3) is 5.43. The van der Waals surface area contributed by atoms with Gasteiger partial charge in [0.15, 0.2) is 0 Å². The Morgan fingerprint density at radius 2 is 1.71 bits per heavy atom. The van der Waals surface area contributed by atoms with Crippen molar-refractivity contribution >= 4 is 28.1 Å². The topological polar surface area (TPSA) is 104 Å². The lowest BCUT2D eigenvalue weighted by molar-refractivity contribution is -0.138. The highest BCUT2D eigenvalue weighted by Gasteiger charge is 2.12. The number of rotatable bonds is 5. The zero-order chi connectivity index (χ0) is 19.8. The summed E-state index contributed by atoms with van der Waals surface area (Å²) in [5.41, 5.74) is 8.15. The molecule has 0 saturated heterocycles. The maximum Gasteiger partial charge on any atom is 0.320 e. The zero-order valence-electron chi connectivity index (χ0n) is 15.2. The van der Waals surface area contributed by atoms with Gasteiger partial charge in [-0.2, -0.15) is 0 Å². The van der Waals surface area contributed by atoms with Crippen LogP contribution >= 0.6 is 0 Å². The van der Waals surface area contributed by atoms with Gasteiger partial charge in [-0.1, -0.05) is 48.5 Å². The standard InChI is InChI=1S/C16H13N.C6H9N3O2/c1-2-8-15(9-3-1)17-16-11-10-13-6-4-5-7-14(13)12-16;7-5(6(10)11)1-4-2-8-3-9-4/h1-12,17H;2-3,5H,1,7H2,(H,8,9)(H,10,11). The number of hydrogen-bond donors (Lipinski definition) is 4. The average Bonchev–Trinajstić information content (AvgIpc) is 3.22. The number of carboxylic acids is 1. The molecule has 4 aromatic rings. The molecule has 0 radical (unpaired) electrons. The lowest BCUT2D eigenvalue weighted by Gasteiger charge is -2.07. The Kier molecular flexibility index (Phi) is 6.38. The number of nitrogens with two attached hydrogens (primary N) is 1. The van der Waals surface area contributed by atoms with Crippen molar-refractivity contribution in [1.29, 1.82) is 0 Å². The number of nitrogens with one attached hydrogen (secondary N) is 2. The molecule has 1 heterocycles. The van der Waals surface area contributed by atoms with Crippen LogP contribution in [0, 0.1) is 0 Å². The van der Waals surface area contributed by atoms with Gasteiger partial charge >= 0.3 is 5.97 Å². The molecule has 6 heteroatoms. The van der Waals surface area contributed by atoms with E-state index in [2.05, 4.69) is 69.9 Å². The number of nitrogens with zero attached hydrogens (tertiary/aromatic N) is 1. The maximum absolute atomic E-state index is 10.3. The number of imidazole rings is 1. The van der Waals surface area contributed by atoms with Crippen LogP contribution in [0.4, 0.5) is 11.4 Å². The third-order valence-corrected chi connectivity index (χ3v) is 4.11. The van der Waals surface area contributed by atoms with Crippen LogP contribution in [0.15, 0.2) is 85.3 Å². The molecule has 28 heavy (non-hydrogen) atoms. The number of aliphatic carboxylic acids is 1. The number of aromatic nitrogens is 2. The first-order valence-electron chi connectivity index (χ1n) is 8.89. The van der Waals surface area contributed by atoms with Crippen molar-refractivity contribution < 1.29 is 9.90 Å². The lowest BCUT2D eigenvalue weighted by atomic mass is 10.1. The second kappa shape index (κ2) is 9.34. The summed E-state index contributed by atoms with van der Waals surface area (Å²) < 4.78 is 0. The van der Waals surface area contributed by atoms with Crippen molar-refractivity contribution in [2.45, 2.75) is 12.5 Å². The molecule has 0 spiro atoms. The Balaban J connectivity index is 0.000000178. The summed E-state index contributed by atoms with van der Waals surface area (Å²) in [5, 5.41) is 14.3. The molecule has 0 aliphatic rings. The molecule has 1 atom stereocenters. The number of H-pyrrole nitrogens is 1. The molecule has 0 saturated carbocycles. The Hall–Kier alpha value is -3.64. The van der Waals surface area contributed by atoms with E-state index in [0.717, 1.165) is 11.4 Å². The van der Waals surface area contributed by atoms with Crippen LogP contribution in [-0.4, -0.2) is 27.1 Å². The second-order valence-corrected chi connectivity index (χ2v) is 6.26. The third-order valence-electron chi connectivity index (χ3n) is 4.11. The normalized spacial score (nSPS) is 11.3. The minimum absolute atomic E-state index is 0.263. The lowest BCUT2D eigenvalue weighted by Crippen LogP contribution is -2.32. The van der Waals surface area contributed by atoms with Gasteiger partial charge in [0, 0.05) is 24.0 Å². The average molecular weight is 374 g/mol. The van der Waals surface area contributed by atoms with Gasteiger partial charge in [-0.05, 0) is 35.0 Å². The summed E-state index contributed by atoms with van der Waals surface area (Å²) in [6, 6.07) is 24.1. The summed E-state index contributed by atoms with van der Waals surface area (Å²) in [4.78, 5) is 16.8. The van der Waals surface area contributed by atoms with Crippen molar-refractivity contribution in [3.8, 4) is 0 Å². The second-order valence-electron chi connectivity index (χ2n) is 6.26. The number of carbonyl (C=O) groups is 1. The number of anilines is 2. The number of hydrogen-bond acceptors (Lipinski definition) is 4. The molecule has 4 rings (SSSR count). The predicted molar refractivity (Wildman–Crippen MR) is 112 cm³/mol. The van der Waals surface area contributed by atoms with Gasteiger partial charge in [0.2, 0.25) is 0 Å². The first-order chi connectivity index (χ1) is 13.6. The Bertz CT molecular complexity index is 1020. The van der Waals surface area contributed by atoms with Crippen LogP contribution in [-0.2, 0) is 11.2 Å². The fourth-order valence-corrected chi connectivity index (χ4v) is 2.67. The van der Waals surface area contributed by atoms with E-state index in [1.54, 1.807) is 6.20 Å². The Morgan fingerprint density at radius 1 is 1.00 bits per heavy atom. The molecule has 0 fully saturated rings. The van der Waals surface area contributed by atoms with Crippen molar-refractivity contribution in [2.75, 3.05) is 5.32 Å². The van der Waals surface area contributed by atoms with Crippen molar-refractivity contribution in [3.63, 3.8) is 0 Å². The SMILES string of the molecule is NC(Cc1c[nH]cn1)C(=O)O.c1ccc(Nc2ccc3ccccc3c2)cc1. The van der Waals surface area contributed by atoms with Gasteiger partial charge in [0.05, 0.1) is 12.0 Å². The predicted octanol–water partition coefficient (Wildman–Crippen LogP) is 3.95. The molecule has 1 unspecified atom stereocenters. The Labute approximate surface area is 163 Å². The van der Waals surface area contributed by atoms with Crippen molar-refractivity contribution in [1.82, 2.24) is 9.97 Å². The van der Waals surface area contributed by atoms with E-state index < -0.39 is 12.0 Å². The number of para-hydroxylation sites is 1. The molecule has 1 aromatic heterocycles. The van der Waals surface area contributed by atoms with Crippen LogP contribution in [0.25, 0.3) is 10.8 Å². The molecule has 3 aromatic carbocycles. The monoisotopic (exact) mass is 374 g/mol. The highest BCUT2D eigenvalue weighted by atomic mass is 16.4. The first-order valence-corrected chi connectivity index (χ1v) is 8.89. The zero-order valence-corrected chi connectivity index (χ0v) is 15.2. The molecular formula is C22H22N4O2. The summed E-state index contributed by atoms with van der Waals surface area (Å²) in [7, 11) is 0. The van der Waals surface area contributed by atoms with Crippen molar-refractivity contribution in [3.05, 3.63) is 91.0 Å². The number of benzene rings is 3.